The minimum Gasteiger partial charge on any atom is -0.289 e. The first kappa shape index (κ1) is 16.2. The van der Waals surface area contributed by atoms with Crippen LogP contribution in [0.2, 0.25) is 0 Å². The zero-order valence-electron chi connectivity index (χ0n) is 15.7. The monoisotopic (exact) mass is 371 g/mol. The van der Waals surface area contributed by atoms with Crippen molar-refractivity contribution in [3.8, 4) is 22.3 Å². The molecule has 2 aliphatic rings. The van der Waals surface area contributed by atoms with Crippen LogP contribution in [0.25, 0.3) is 22.3 Å². The molecule has 0 unspecified atom stereocenters. The second-order valence-corrected chi connectivity index (χ2v) is 7.61. The number of hydrogen-bond donors (Lipinski definition) is 0. The number of rotatable bonds is 2. The zero-order valence-corrected chi connectivity index (χ0v) is 15.7. The van der Waals surface area contributed by atoms with E-state index in [0.29, 0.717) is 0 Å². The molecule has 136 valence electrons. The van der Waals surface area contributed by atoms with Crippen molar-refractivity contribution in [2.24, 2.45) is 4.99 Å². The Morgan fingerprint density at radius 1 is 0.621 bits per heavy atom. The first-order chi connectivity index (χ1) is 14.3. The van der Waals surface area contributed by atoms with Crippen LogP contribution in [0, 0.1) is 0 Å². The van der Waals surface area contributed by atoms with Crippen LogP contribution < -0.4 is 0 Å². The molecule has 0 bridgehead atoms. The Balaban J connectivity index is 1.31. The van der Waals surface area contributed by atoms with Crippen molar-refractivity contribution in [3.63, 3.8) is 0 Å². The summed E-state index contributed by atoms with van der Waals surface area (Å²) in [5.41, 5.74) is 10.8. The Kier molecular flexibility index (Phi) is 3.41. The molecule has 0 amide bonds. The quantitative estimate of drug-likeness (QED) is 0.332. The first-order valence-electron chi connectivity index (χ1n) is 9.81. The van der Waals surface area contributed by atoms with Crippen LogP contribution >= 0.6 is 0 Å². The third kappa shape index (κ3) is 2.50. The minimum absolute atomic E-state index is 0.0861. The lowest BCUT2D eigenvalue weighted by molar-refractivity contribution is 0.104. The Morgan fingerprint density at radius 3 is 2.21 bits per heavy atom. The summed E-state index contributed by atoms with van der Waals surface area (Å²) >= 11 is 0. The van der Waals surface area contributed by atoms with Crippen molar-refractivity contribution in [2.75, 3.05) is 0 Å². The van der Waals surface area contributed by atoms with Gasteiger partial charge in [0.25, 0.3) is 0 Å². The van der Waals surface area contributed by atoms with Gasteiger partial charge < -0.3 is 0 Å². The summed E-state index contributed by atoms with van der Waals surface area (Å²) in [7, 11) is 0. The molecule has 0 aliphatic heterocycles. The van der Waals surface area contributed by atoms with E-state index in [1.807, 2.05) is 48.7 Å². The highest BCUT2D eigenvalue weighted by atomic mass is 16.1. The molecule has 4 aromatic rings. The molecule has 0 fully saturated rings. The van der Waals surface area contributed by atoms with Crippen molar-refractivity contribution < 1.29 is 4.79 Å². The van der Waals surface area contributed by atoms with Crippen LogP contribution in [-0.2, 0) is 6.42 Å². The van der Waals surface area contributed by atoms with E-state index >= 15 is 0 Å². The van der Waals surface area contributed by atoms with Gasteiger partial charge >= 0.3 is 0 Å². The second-order valence-electron chi connectivity index (χ2n) is 7.61. The van der Waals surface area contributed by atoms with Gasteiger partial charge in [0.1, 0.15) is 0 Å². The molecule has 0 saturated heterocycles. The molecule has 2 heteroatoms. The van der Waals surface area contributed by atoms with E-state index in [4.69, 9.17) is 0 Å². The standard InChI is InChI=1S/C27H17NO/c29-27-25-8-4-3-7-23(25)24-12-10-20(15-26(24)27)28-16-17-9-11-22-19(13-17)14-18-5-1-2-6-21(18)22/h1-13,15-16H,14H2. The van der Waals surface area contributed by atoms with Crippen LogP contribution in [0.15, 0.2) is 89.9 Å². The van der Waals surface area contributed by atoms with Crippen LogP contribution in [0.5, 0.6) is 0 Å². The highest BCUT2D eigenvalue weighted by molar-refractivity contribution is 6.22. The van der Waals surface area contributed by atoms with E-state index in [-0.39, 0.29) is 5.78 Å². The summed E-state index contributed by atoms with van der Waals surface area (Å²) in [6.45, 7) is 0. The summed E-state index contributed by atoms with van der Waals surface area (Å²) in [5, 5.41) is 0. The summed E-state index contributed by atoms with van der Waals surface area (Å²) in [4.78, 5) is 17.3. The molecular formula is C27H17NO. The van der Waals surface area contributed by atoms with E-state index in [9.17, 15) is 4.79 Å². The van der Waals surface area contributed by atoms with E-state index in [0.717, 1.165) is 39.9 Å². The van der Waals surface area contributed by atoms with Gasteiger partial charge in [-0.05, 0) is 63.6 Å². The molecule has 0 saturated carbocycles. The molecule has 4 aromatic carbocycles. The van der Waals surface area contributed by atoms with Gasteiger partial charge in [0.2, 0.25) is 0 Å². The molecule has 0 atom stereocenters. The van der Waals surface area contributed by atoms with Crippen molar-refractivity contribution in [2.45, 2.75) is 6.42 Å². The largest absolute Gasteiger partial charge is 0.289 e. The van der Waals surface area contributed by atoms with Gasteiger partial charge in [-0.25, -0.2) is 0 Å². The normalized spacial score (nSPS) is 13.3. The average molecular weight is 371 g/mol. The van der Waals surface area contributed by atoms with E-state index < -0.39 is 0 Å². The first-order valence-corrected chi connectivity index (χ1v) is 9.81. The molecule has 0 heterocycles. The number of carbonyl (C=O) groups excluding carboxylic acids is 1. The predicted octanol–water partition coefficient (Wildman–Crippen LogP) is 6.22. The maximum Gasteiger partial charge on any atom is 0.194 e. The van der Waals surface area contributed by atoms with Crippen LogP contribution in [-0.4, -0.2) is 12.0 Å². The lowest BCUT2D eigenvalue weighted by atomic mass is 10.0. The lowest BCUT2D eigenvalue weighted by Gasteiger charge is -2.03. The second kappa shape index (κ2) is 6.11. The van der Waals surface area contributed by atoms with Gasteiger partial charge in [0, 0.05) is 17.3 Å². The number of nitrogens with zero attached hydrogens (tertiary/aromatic N) is 1. The van der Waals surface area contributed by atoms with Crippen molar-refractivity contribution >= 4 is 17.7 Å². The Morgan fingerprint density at radius 2 is 1.31 bits per heavy atom. The molecule has 6 rings (SSSR count). The van der Waals surface area contributed by atoms with Gasteiger partial charge in [-0.2, -0.15) is 0 Å². The molecule has 0 radical (unpaired) electrons. The minimum atomic E-state index is 0.0861. The molecule has 0 N–H and O–H groups in total. The fraction of sp³-hybridized carbons (Fsp3) is 0.0370. The van der Waals surface area contributed by atoms with Gasteiger partial charge in [0.15, 0.2) is 5.78 Å². The van der Waals surface area contributed by atoms with Gasteiger partial charge in [-0.15, -0.1) is 0 Å². The summed E-state index contributed by atoms with van der Waals surface area (Å²) in [6.07, 6.45) is 2.86. The molecule has 2 nitrogen and oxygen atoms in total. The predicted molar refractivity (Wildman–Crippen MR) is 117 cm³/mol. The zero-order chi connectivity index (χ0) is 19.4. The van der Waals surface area contributed by atoms with Crippen molar-refractivity contribution in [1.29, 1.82) is 0 Å². The third-order valence-corrected chi connectivity index (χ3v) is 5.89. The van der Waals surface area contributed by atoms with Gasteiger partial charge in [-0.1, -0.05) is 66.7 Å². The van der Waals surface area contributed by atoms with Gasteiger partial charge in [-0.3, -0.25) is 9.79 Å². The average Bonchev–Trinajstić information content (AvgIpc) is 3.27. The number of ketones is 1. The smallest absolute Gasteiger partial charge is 0.194 e. The number of hydrogen-bond acceptors (Lipinski definition) is 2. The van der Waals surface area contributed by atoms with E-state index in [1.54, 1.807) is 0 Å². The van der Waals surface area contributed by atoms with E-state index in [2.05, 4.69) is 47.5 Å². The maximum absolute atomic E-state index is 12.7. The summed E-state index contributed by atoms with van der Waals surface area (Å²) in [5.74, 6) is 0.0861. The number of fused-ring (bicyclic) bond motifs is 6. The lowest BCUT2D eigenvalue weighted by Crippen LogP contribution is -1.94. The van der Waals surface area contributed by atoms with Crippen molar-refractivity contribution in [3.05, 3.63) is 113 Å². The number of carbonyl (C=O) groups is 1. The Bertz CT molecular complexity index is 1350. The number of aliphatic imine (C=N–C) groups is 1. The van der Waals surface area contributed by atoms with Gasteiger partial charge in [0.05, 0.1) is 5.69 Å². The topological polar surface area (TPSA) is 29.4 Å². The number of benzene rings is 4. The van der Waals surface area contributed by atoms with Crippen molar-refractivity contribution in [1.82, 2.24) is 0 Å². The van der Waals surface area contributed by atoms with E-state index in [1.165, 1.54) is 22.3 Å². The Hall–Kier alpha value is -3.78. The molecule has 2 aliphatic carbocycles. The molecule has 0 spiro atoms. The molecular weight excluding hydrogens is 354 g/mol. The fourth-order valence-electron chi connectivity index (χ4n) is 4.49. The van der Waals surface area contributed by atoms with Crippen LogP contribution in [0.3, 0.4) is 0 Å². The Labute approximate surface area is 169 Å². The summed E-state index contributed by atoms with van der Waals surface area (Å²) in [6, 6.07) is 28.8. The van der Waals surface area contributed by atoms with Crippen LogP contribution in [0.4, 0.5) is 5.69 Å². The highest BCUT2D eigenvalue weighted by Crippen LogP contribution is 2.38. The molecule has 0 aromatic heterocycles. The highest BCUT2D eigenvalue weighted by Gasteiger charge is 2.26. The van der Waals surface area contributed by atoms with Crippen LogP contribution in [0.1, 0.15) is 32.6 Å². The fourth-order valence-corrected chi connectivity index (χ4v) is 4.49. The maximum atomic E-state index is 12.7. The third-order valence-electron chi connectivity index (χ3n) is 5.89. The SMILES string of the molecule is O=C1c2ccccc2-c2ccc(N=Cc3ccc4c(c3)Cc3ccccc3-4)cc21. The summed E-state index contributed by atoms with van der Waals surface area (Å²) < 4.78 is 0. The molecule has 29 heavy (non-hydrogen) atoms.